The highest BCUT2D eigenvalue weighted by Crippen LogP contribution is 2.44. The summed E-state index contributed by atoms with van der Waals surface area (Å²) in [6, 6.07) is 0. The van der Waals surface area contributed by atoms with Crippen molar-refractivity contribution in [3.8, 4) is 0 Å². The van der Waals surface area contributed by atoms with Crippen LogP contribution in [0.1, 0.15) is 59.3 Å². The minimum absolute atomic E-state index is 0.0342. The number of aliphatic hydroxyl groups excluding tert-OH is 1. The molecule has 0 aromatic rings. The second-order valence-electron chi connectivity index (χ2n) is 8.17. The molecule has 5 heteroatoms. The van der Waals surface area contributed by atoms with Gasteiger partial charge in [-0.1, -0.05) is 45.8 Å². The molecule has 0 aromatic heterocycles. The van der Waals surface area contributed by atoms with E-state index in [1.165, 1.54) is 0 Å². The van der Waals surface area contributed by atoms with Crippen molar-refractivity contribution in [1.82, 2.24) is 0 Å². The number of hydrogen-bond donors (Lipinski definition) is 2. The third kappa shape index (κ3) is 5.53. The summed E-state index contributed by atoms with van der Waals surface area (Å²) in [7, 11) is 0. The molecule has 0 radical (unpaired) electrons. The number of carbonyl (C=O) groups is 1. The van der Waals surface area contributed by atoms with Crippen molar-refractivity contribution in [2.24, 2.45) is 17.3 Å². The van der Waals surface area contributed by atoms with Gasteiger partial charge in [-0.3, -0.25) is 4.79 Å². The minimum Gasteiger partial charge on any atom is -0.481 e. The summed E-state index contributed by atoms with van der Waals surface area (Å²) in [5, 5.41) is 19.3. The Kier molecular flexibility index (Phi) is 7.47. The number of ether oxygens (including phenoxy) is 2. The van der Waals surface area contributed by atoms with Gasteiger partial charge in [0.1, 0.15) is 0 Å². The van der Waals surface area contributed by atoms with E-state index in [0.29, 0.717) is 6.61 Å². The largest absolute Gasteiger partial charge is 0.481 e. The van der Waals surface area contributed by atoms with E-state index in [-0.39, 0.29) is 42.5 Å². The monoisotopic (exact) mass is 354 g/mol. The zero-order valence-electron chi connectivity index (χ0n) is 15.8. The van der Waals surface area contributed by atoms with Crippen LogP contribution in [-0.4, -0.2) is 47.7 Å². The predicted octanol–water partition coefficient (Wildman–Crippen LogP) is 3.40. The maximum absolute atomic E-state index is 10.6. The van der Waals surface area contributed by atoms with Crippen molar-refractivity contribution in [2.75, 3.05) is 13.2 Å². The van der Waals surface area contributed by atoms with Gasteiger partial charge in [0.25, 0.3) is 0 Å². The molecule has 0 aliphatic carbocycles. The van der Waals surface area contributed by atoms with Crippen molar-refractivity contribution < 1.29 is 24.5 Å². The molecule has 2 saturated heterocycles. The van der Waals surface area contributed by atoms with Crippen LogP contribution in [0, 0.1) is 17.3 Å². The Balaban J connectivity index is 1.90. The van der Waals surface area contributed by atoms with Crippen molar-refractivity contribution in [3.05, 3.63) is 12.2 Å². The Morgan fingerprint density at radius 1 is 1.36 bits per heavy atom. The summed E-state index contributed by atoms with van der Waals surface area (Å²) in [6.45, 7) is 7.16. The average molecular weight is 354 g/mol. The lowest BCUT2D eigenvalue weighted by Crippen LogP contribution is -2.31. The van der Waals surface area contributed by atoms with Gasteiger partial charge in [0.15, 0.2) is 0 Å². The molecule has 0 saturated carbocycles. The number of aliphatic hydroxyl groups is 1. The molecule has 2 heterocycles. The number of rotatable bonds is 11. The smallest absolute Gasteiger partial charge is 0.305 e. The van der Waals surface area contributed by atoms with Crippen LogP contribution in [0.3, 0.4) is 0 Å². The molecule has 5 nitrogen and oxygen atoms in total. The number of aliphatic carboxylic acids is 1. The van der Waals surface area contributed by atoms with E-state index in [4.69, 9.17) is 14.6 Å². The molecule has 2 bridgehead atoms. The van der Waals surface area contributed by atoms with E-state index in [1.54, 1.807) is 0 Å². The lowest BCUT2D eigenvalue weighted by molar-refractivity contribution is -0.138. The zero-order valence-corrected chi connectivity index (χ0v) is 15.8. The first-order chi connectivity index (χ1) is 11.8. The van der Waals surface area contributed by atoms with Crippen LogP contribution in [0.2, 0.25) is 0 Å². The predicted molar refractivity (Wildman–Crippen MR) is 96.4 cm³/mol. The normalized spacial score (nSPS) is 30.2. The molecule has 2 rings (SSSR count). The molecule has 2 aliphatic heterocycles. The standard InChI is InChI=1S/C20H34O5/c1-4-5-11-20(2,3)18(21)9-6-14-15(13-24-12-10-19(22)23)17-8-7-16(14)25-17/h6,9,14-18,21H,4-5,7-8,10-13H2,1-3H3,(H,22,23)/b9-6+/t14-,15+,16-,17+,18?/m1/s1. The molecule has 25 heavy (non-hydrogen) atoms. The molecule has 1 unspecified atom stereocenters. The third-order valence-electron chi connectivity index (χ3n) is 5.75. The Morgan fingerprint density at radius 2 is 2.08 bits per heavy atom. The summed E-state index contributed by atoms with van der Waals surface area (Å²) in [6.07, 6.45) is 9.40. The van der Waals surface area contributed by atoms with Gasteiger partial charge in [0, 0.05) is 11.8 Å². The van der Waals surface area contributed by atoms with Gasteiger partial charge in [0.05, 0.1) is 37.9 Å². The maximum Gasteiger partial charge on any atom is 0.305 e. The van der Waals surface area contributed by atoms with E-state index in [9.17, 15) is 9.90 Å². The SMILES string of the molecule is CCCCC(C)(C)C(O)/C=C/[C@@H]1[C@H](COCCC(=O)O)[C@@H]2CC[C@H]1O2. The molecule has 144 valence electrons. The Hall–Kier alpha value is -0.910. The van der Waals surface area contributed by atoms with Crippen molar-refractivity contribution in [3.63, 3.8) is 0 Å². The van der Waals surface area contributed by atoms with Crippen LogP contribution >= 0.6 is 0 Å². The van der Waals surface area contributed by atoms with Crippen molar-refractivity contribution in [2.45, 2.75) is 77.6 Å². The molecule has 0 aromatic carbocycles. The van der Waals surface area contributed by atoms with E-state index in [1.807, 2.05) is 6.08 Å². The van der Waals surface area contributed by atoms with E-state index < -0.39 is 12.1 Å². The number of fused-ring (bicyclic) bond motifs is 2. The molecule has 2 aliphatic rings. The number of hydrogen-bond acceptors (Lipinski definition) is 4. The first-order valence-corrected chi connectivity index (χ1v) is 9.66. The van der Waals surface area contributed by atoms with Crippen LogP contribution in [-0.2, 0) is 14.3 Å². The van der Waals surface area contributed by atoms with Crippen LogP contribution in [0.25, 0.3) is 0 Å². The van der Waals surface area contributed by atoms with Crippen LogP contribution < -0.4 is 0 Å². The summed E-state index contributed by atoms with van der Waals surface area (Å²) >= 11 is 0. The third-order valence-corrected chi connectivity index (χ3v) is 5.75. The van der Waals surface area contributed by atoms with Gasteiger partial charge in [-0.05, 0) is 24.7 Å². The van der Waals surface area contributed by atoms with Gasteiger partial charge in [-0.15, -0.1) is 0 Å². The molecule has 0 spiro atoms. The van der Waals surface area contributed by atoms with Crippen LogP contribution in [0.4, 0.5) is 0 Å². The second kappa shape index (κ2) is 9.15. The highest BCUT2D eigenvalue weighted by atomic mass is 16.5. The molecular formula is C20H34O5. The number of unbranched alkanes of at least 4 members (excludes halogenated alkanes) is 1. The first kappa shape index (κ1) is 20.4. The Bertz CT molecular complexity index is 459. The van der Waals surface area contributed by atoms with Crippen LogP contribution in [0.15, 0.2) is 12.2 Å². The quantitative estimate of drug-likeness (QED) is 0.439. The molecule has 2 fully saturated rings. The minimum atomic E-state index is -0.835. The van der Waals surface area contributed by atoms with Gasteiger partial charge < -0.3 is 19.7 Å². The molecular weight excluding hydrogens is 320 g/mol. The lowest BCUT2D eigenvalue weighted by Gasteiger charge is -2.30. The van der Waals surface area contributed by atoms with Crippen LogP contribution in [0.5, 0.6) is 0 Å². The Labute approximate surface area is 151 Å². The Morgan fingerprint density at radius 3 is 2.76 bits per heavy atom. The van der Waals surface area contributed by atoms with Gasteiger partial charge in [-0.2, -0.15) is 0 Å². The summed E-state index contributed by atoms with van der Waals surface area (Å²) in [4.78, 5) is 10.6. The highest BCUT2D eigenvalue weighted by molar-refractivity contribution is 5.66. The average Bonchev–Trinajstić information content (AvgIpc) is 3.16. The topological polar surface area (TPSA) is 76.0 Å². The fraction of sp³-hybridized carbons (Fsp3) is 0.850. The van der Waals surface area contributed by atoms with Gasteiger partial charge in [-0.25, -0.2) is 0 Å². The van der Waals surface area contributed by atoms with E-state index >= 15 is 0 Å². The van der Waals surface area contributed by atoms with E-state index in [2.05, 4.69) is 26.8 Å². The fourth-order valence-electron chi connectivity index (χ4n) is 3.95. The lowest BCUT2D eigenvalue weighted by atomic mass is 9.77. The molecule has 0 amide bonds. The first-order valence-electron chi connectivity index (χ1n) is 9.66. The van der Waals surface area contributed by atoms with E-state index in [0.717, 1.165) is 32.1 Å². The van der Waals surface area contributed by atoms with Gasteiger partial charge in [0.2, 0.25) is 0 Å². The second-order valence-corrected chi connectivity index (χ2v) is 8.17. The summed E-state index contributed by atoms with van der Waals surface area (Å²) < 4.78 is 11.6. The maximum atomic E-state index is 10.6. The molecule has 2 N–H and O–H groups in total. The summed E-state index contributed by atoms with van der Waals surface area (Å²) in [5.74, 6) is -0.326. The zero-order chi connectivity index (χ0) is 18.4. The number of carboxylic acids is 1. The molecule has 5 atom stereocenters. The summed E-state index contributed by atoms with van der Waals surface area (Å²) in [5.41, 5.74) is -0.127. The highest BCUT2D eigenvalue weighted by Gasteiger charge is 2.47. The number of carboxylic acid groups (broad SMARTS) is 1. The van der Waals surface area contributed by atoms with Crippen molar-refractivity contribution >= 4 is 5.97 Å². The van der Waals surface area contributed by atoms with Crippen molar-refractivity contribution in [1.29, 1.82) is 0 Å². The fourth-order valence-corrected chi connectivity index (χ4v) is 3.95. The van der Waals surface area contributed by atoms with Gasteiger partial charge >= 0.3 is 5.97 Å².